The number of carbonyl (C=O) groups is 1. The van der Waals surface area contributed by atoms with Crippen LogP contribution in [0, 0.1) is 5.82 Å². The standard InChI is InChI=1S/C15H21FO/c1-2-3-4-5-6-10-14(17)12-13-9-7-8-11-15(13)16/h7-9,11H,2-6,10,12H2,1H3. The smallest absolute Gasteiger partial charge is 0.137 e. The third-order valence-electron chi connectivity index (χ3n) is 2.90. The van der Waals surface area contributed by atoms with Gasteiger partial charge in [-0.05, 0) is 18.1 Å². The van der Waals surface area contributed by atoms with Gasteiger partial charge in [0.1, 0.15) is 11.6 Å². The molecule has 0 aliphatic carbocycles. The Morgan fingerprint density at radius 2 is 1.82 bits per heavy atom. The first-order chi connectivity index (χ1) is 8.24. The normalized spacial score (nSPS) is 10.5. The van der Waals surface area contributed by atoms with Crippen LogP contribution in [0.2, 0.25) is 0 Å². The molecule has 0 heterocycles. The first-order valence-electron chi connectivity index (χ1n) is 6.49. The minimum Gasteiger partial charge on any atom is -0.299 e. The Bertz CT molecular complexity index is 347. The maximum absolute atomic E-state index is 13.3. The summed E-state index contributed by atoms with van der Waals surface area (Å²) in [4.78, 5) is 11.6. The number of hydrogen-bond donors (Lipinski definition) is 0. The van der Waals surface area contributed by atoms with E-state index in [1.165, 1.54) is 25.3 Å². The summed E-state index contributed by atoms with van der Waals surface area (Å²) in [6.45, 7) is 2.17. The molecule has 0 unspecified atom stereocenters. The van der Waals surface area contributed by atoms with Gasteiger partial charge in [-0.1, -0.05) is 50.8 Å². The fraction of sp³-hybridized carbons (Fsp3) is 0.533. The fourth-order valence-electron chi connectivity index (χ4n) is 1.87. The molecule has 1 aromatic rings. The number of unbranched alkanes of at least 4 members (excludes halogenated alkanes) is 4. The lowest BCUT2D eigenvalue weighted by molar-refractivity contribution is -0.118. The molecule has 0 fully saturated rings. The van der Waals surface area contributed by atoms with E-state index >= 15 is 0 Å². The van der Waals surface area contributed by atoms with Crippen molar-refractivity contribution >= 4 is 5.78 Å². The Morgan fingerprint density at radius 1 is 1.12 bits per heavy atom. The van der Waals surface area contributed by atoms with Crippen molar-refractivity contribution in [2.24, 2.45) is 0 Å². The minimum atomic E-state index is -0.271. The van der Waals surface area contributed by atoms with E-state index < -0.39 is 0 Å². The second-order valence-corrected chi connectivity index (χ2v) is 4.47. The van der Waals surface area contributed by atoms with Crippen LogP contribution < -0.4 is 0 Å². The van der Waals surface area contributed by atoms with E-state index in [9.17, 15) is 9.18 Å². The van der Waals surface area contributed by atoms with Crippen LogP contribution in [-0.2, 0) is 11.2 Å². The van der Waals surface area contributed by atoms with E-state index in [4.69, 9.17) is 0 Å². The molecule has 0 amide bonds. The van der Waals surface area contributed by atoms with Gasteiger partial charge >= 0.3 is 0 Å². The fourth-order valence-corrected chi connectivity index (χ4v) is 1.87. The molecule has 0 aliphatic rings. The number of halogens is 1. The SMILES string of the molecule is CCCCCCCC(=O)Cc1ccccc1F. The molecule has 0 aromatic heterocycles. The van der Waals surface area contributed by atoms with Crippen molar-refractivity contribution in [3.63, 3.8) is 0 Å². The average Bonchev–Trinajstić information content (AvgIpc) is 2.32. The Kier molecular flexibility index (Phi) is 6.53. The van der Waals surface area contributed by atoms with Crippen molar-refractivity contribution in [3.8, 4) is 0 Å². The first-order valence-corrected chi connectivity index (χ1v) is 6.49. The van der Waals surface area contributed by atoms with Crippen LogP contribution in [0.25, 0.3) is 0 Å². The molecule has 0 aliphatic heterocycles. The molecule has 1 rings (SSSR count). The van der Waals surface area contributed by atoms with Crippen LogP contribution in [0.5, 0.6) is 0 Å². The first kappa shape index (κ1) is 13.9. The number of hydrogen-bond acceptors (Lipinski definition) is 1. The molecule has 0 saturated carbocycles. The van der Waals surface area contributed by atoms with Crippen molar-refractivity contribution in [1.82, 2.24) is 0 Å². The number of rotatable bonds is 8. The van der Waals surface area contributed by atoms with Crippen LogP contribution in [0.4, 0.5) is 4.39 Å². The largest absolute Gasteiger partial charge is 0.299 e. The van der Waals surface area contributed by atoms with E-state index in [0.29, 0.717) is 12.0 Å². The second-order valence-electron chi connectivity index (χ2n) is 4.47. The van der Waals surface area contributed by atoms with E-state index in [0.717, 1.165) is 12.8 Å². The van der Waals surface area contributed by atoms with Crippen molar-refractivity contribution in [2.75, 3.05) is 0 Å². The van der Waals surface area contributed by atoms with Crippen LogP contribution in [0.3, 0.4) is 0 Å². The molecule has 0 N–H and O–H groups in total. The molecule has 17 heavy (non-hydrogen) atoms. The summed E-state index contributed by atoms with van der Waals surface area (Å²) >= 11 is 0. The Hall–Kier alpha value is -1.18. The summed E-state index contributed by atoms with van der Waals surface area (Å²) in [6.07, 6.45) is 6.51. The molecular weight excluding hydrogens is 215 g/mol. The molecule has 0 radical (unpaired) electrons. The Balaban J connectivity index is 2.23. The zero-order valence-electron chi connectivity index (χ0n) is 10.5. The molecule has 0 bridgehead atoms. The highest BCUT2D eigenvalue weighted by Gasteiger charge is 2.07. The Labute approximate surface area is 103 Å². The highest BCUT2D eigenvalue weighted by molar-refractivity contribution is 5.80. The van der Waals surface area contributed by atoms with Crippen LogP contribution in [-0.4, -0.2) is 5.78 Å². The monoisotopic (exact) mass is 236 g/mol. The van der Waals surface area contributed by atoms with Gasteiger partial charge in [-0.15, -0.1) is 0 Å². The molecule has 0 saturated heterocycles. The molecule has 1 nitrogen and oxygen atoms in total. The maximum atomic E-state index is 13.3. The highest BCUT2D eigenvalue weighted by Crippen LogP contribution is 2.11. The lowest BCUT2D eigenvalue weighted by Crippen LogP contribution is -2.04. The molecule has 2 heteroatoms. The van der Waals surface area contributed by atoms with Crippen molar-refractivity contribution in [1.29, 1.82) is 0 Å². The van der Waals surface area contributed by atoms with Crippen molar-refractivity contribution < 1.29 is 9.18 Å². The number of ketones is 1. The summed E-state index contributed by atoms with van der Waals surface area (Å²) in [5.74, 6) is -0.126. The van der Waals surface area contributed by atoms with Crippen LogP contribution in [0.15, 0.2) is 24.3 Å². The van der Waals surface area contributed by atoms with Gasteiger partial charge in [0.05, 0.1) is 0 Å². The van der Waals surface area contributed by atoms with E-state index in [1.807, 2.05) is 0 Å². The van der Waals surface area contributed by atoms with Gasteiger partial charge in [0.2, 0.25) is 0 Å². The number of benzene rings is 1. The van der Waals surface area contributed by atoms with Gasteiger partial charge in [-0.3, -0.25) is 4.79 Å². The summed E-state index contributed by atoms with van der Waals surface area (Å²) in [7, 11) is 0. The molecule has 1 aromatic carbocycles. The zero-order chi connectivity index (χ0) is 12.5. The Morgan fingerprint density at radius 3 is 2.53 bits per heavy atom. The van der Waals surface area contributed by atoms with Crippen LogP contribution >= 0.6 is 0 Å². The lowest BCUT2D eigenvalue weighted by atomic mass is 10.0. The van der Waals surface area contributed by atoms with Crippen molar-refractivity contribution in [3.05, 3.63) is 35.6 Å². The molecule has 0 spiro atoms. The maximum Gasteiger partial charge on any atom is 0.137 e. The summed E-state index contributed by atoms with van der Waals surface area (Å²) in [6, 6.07) is 6.51. The third kappa shape index (κ3) is 5.62. The summed E-state index contributed by atoms with van der Waals surface area (Å²) < 4.78 is 13.3. The topological polar surface area (TPSA) is 17.1 Å². The molecule has 94 valence electrons. The number of carbonyl (C=O) groups excluding carboxylic acids is 1. The van der Waals surface area contributed by atoms with Gasteiger partial charge in [-0.25, -0.2) is 4.39 Å². The quantitative estimate of drug-likeness (QED) is 0.615. The summed E-state index contributed by atoms with van der Waals surface area (Å²) in [5, 5.41) is 0. The van der Waals surface area contributed by atoms with Crippen LogP contribution in [0.1, 0.15) is 51.0 Å². The van der Waals surface area contributed by atoms with E-state index in [2.05, 4.69) is 6.92 Å². The number of Topliss-reactive ketones (excluding diaryl/α,β-unsaturated/α-hetero) is 1. The van der Waals surface area contributed by atoms with Crippen molar-refractivity contribution in [2.45, 2.75) is 51.9 Å². The minimum absolute atomic E-state index is 0.145. The highest BCUT2D eigenvalue weighted by atomic mass is 19.1. The van der Waals surface area contributed by atoms with Gasteiger partial charge in [0.15, 0.2) is 0 Å². The van der Waals surface area contributed by atoms with Gasteiger partial charge in [0.25, 0.3) is 0 Å². The zero-order valence-corrected chi connectivity index (χ0v) is 10.5. The predicted molar refractivity (Wildman–Crippen MR) is 68.5 cm³/mol. The molecular formula is C15H21FO. The molecule has 0 atom stereocenters. The van der Waals surface area contributed by atoms with E-state index in [1.54, 1.807) is 18.2 Å². The van der Waals surface area contributed by atoms with Gasteiger partial charge in [-0.2, -0.15) is 0 Å². The van der Waals surface area contributed by atoms with Gasteiger partial charge in [0, 0.05) is 12.8 Å². The summed E-state index contributed by atoms with van der Waals surface area (Å²) in [5.41, 5.74) is 0.519. The van der Waals surface area contributed by atoms with E-state index in [-0.39, 0.29) is 18.0 Å². The second kappa shape index (κ2) is 7.99. The van der Waals surface area contributed by atoms with Gasteiger partial charge < -0.3 is 0 Å². The average molecular weight is 236 g/mol. The lowest BCUT2D eigenvalue weighted by Gasteiger charge is -2.03. The third-order valence-corrected chi connectivity index (χ3v) is 2.90. The predicted octanol–water partition coefficient (Wildman–Crippen LogP) is 4.30.